The van der Waals surface area contributed by atoms with E-state index in [0.717, 1.165) is 28.0 Å². The fourth-order valence-electron chi connectivity index (χ4n) is 5.17. The number of halogens is 2. The maximum absolute atomic E-state index is 13.7. The summed E-state index contributed by atoms with van der Waals surface area (Å²) in [6, 6.07) is 24.0. The number of carbonyl (C=O) groups excluding carboxylic acids is 2. The number of amides is 1. The minimum absolute atomic E-state index is 0.108. The Morgan fingerprint density at radius 2 is 1.77 bits per heavy atom. The van der Waals surface area contributed by atoms with Gasteiger partial charge in [-0.3, -0.25) is 14.5 Å². The van der Waals surface area contributed by atoms with Crippen molar-refractivity contribution in [2.24, 2.45) is 0 Å². The number of aliphatic hydroxyl groups excluding tert-OH is 1. The van der Waals surface area contributed by atoms with Gasteiger partial charge in [0, 0.05) is 16.3 Å². The van der Waals surface area contributed by atoms with Crippen molar-refractivity contribution in [1.82, 2.24) is 10.2 Å². The summed E-state index contributed by atoms with van der Waals surface area (Å²) in [5.74, 6) is -1.06. The molecule has 1 unspecified atom stereocenters. The zero-order valence-electron chi connectivity index (χ0n) is 25.5. The normalized spacial score (nSPS) is 15.6. The summed E-state index contributed by atoms with van der Waals surface area (Å²) in [6.07, 6.45) is 0. The van der Waals surface area contributed by atoms with Crippen LogP contribution in [-0.2, 0) is 21.9 Å². The van der Waals surface area contributed by atoms with Crippen LogP contribution in [0.25, 0.3) is 5.76 Å². The number of phenolic OH excluding ortho intramolecular Hbond substituents is 1. The van der Waals surface area contributed by atoms with Gasteiger partial charge in [0.25, 0.3) is 5.78 Å². The monoisotopic (exact) mass is 763 g/mol. The molecule has 1 fully saturated rings. The first kappa shape index (κ1) is 33.5. The topological polar surface area (TPSA) is 122 Å². The minimum atomic E-state index is -1.12. The summed E-state index contributed by atoms with van der Waals surface area (Å²) in [5.41, 5.74) is 3.71. The number of thioether (sulfide) groups is 1. The van der Waals surface area contributed by atoms with Crippen LogP contribution < -0.4 is 14.4 Å². The third-order valence-electron chi connectivity index (χ3n) is 7.52. The van der Waals surface area contributed by atoms with E-state index >= 15 is 0 Å². The first-order valence-corrected chi connectivity index (χ1v) is 17.5. The molecule has 2 N–H and O–H groups in total. The van der Waals surface area contributed by atoms with Crippen molar-refractivity contribution < 1.29 is 29.3 Å². The number of aromatic hydroxyl groups is 1. The molecule has 1 amide bonds. The molecule has 13 heteroatoms. The van der Waals surface area contributed by atoms with E-state index in [2.05, 4.69) is 26.1 Å². The Hall–Kier alpha value is -4.36. The van der Waals surface area contributed by atoms with E-state index < -0.39 is 17.7 Å². The number of anilines is 1. The van der Waals surface area contributed by atoms with Gasteiger partial charge in [-0.05, 0) is 88.1 Å². The van der Waals surface area contributed by atoms with Crippen molar-refractivity contribution in [1.29, 1.82) is 0 Å². The zero-order chi connectivity index (χ0) is 33.9. The molecule has 244 valence electrons. The largest absolute Gasteiger partial charge is 0.507 e. The number of Topliss-reactive ketones (excluding diaryl/α,β-unsaturated/α-hetero) is 1. The van der Waals surface area contributed by atoms with Gasteiger partial charge in [0.2, 0.25) is 5.13 Å². The summed E-state index contributed by atoms with van der Waals surface area (Å²) < 4.78 is 12.1. The van der Waals surface area contributed by atoms with E-state index in [0.29, 0.717) is 38.6 Å². The molecule has 0 spiro atoms. The smallest absolute Gasteiger partial charge is 0.301 e. The van der Waals surface area contributed by atoms with Gasteiger partial charge >= 0.3 is 5.91 Å². The fraction of sp³-hybridized carbons (Fsp3) is 0.143. The van der Waals surface area contributed by atoms with Crippen molar-refractivity contribution in [3.63, 3.8) is 0 Å². The molecule has 9 nitrogen and oxygen atoms in total. The summed E-state index contributed by atoms with van der Waals surface area (Å²) in [5, 5.41) is 31.5. The van der Waals surface area contributed by atoms with Crippen LogP contribution in [0.1, 0.15) is 33.9 Å². The lowest BCUT2D eigenvalue weighted by Gasteiger charge is -2.23. The molecular formula is C35H27BrClN3O6S2. The van der Waals surface area contributed by atoms with E-state index in [1.165, 1.54) is 29.8 Å². The van der Waals surface area contributed by atoms with Crippen molar-refractivity contribution in [3.8, 4) is 17.2 Å². The van der Waals surface area contributed by atoms with Crippen LogP contribution in [0.3, 0.4) is 0 Å². The van der Waals surface area contributed by atoms with Crippen LogP contribution in [-0.4, -0.2) is 39.2 Å². The quantitative estimate of drug-likeness (QED) is 0.0474. The maximum atomic E-state index is 13.7. The number of hydrogen-bond acceptors (Lipinski definition) is 10. The highest BCUT2D eigenvalue weighted by Gasteiger charge is 2.48. The van der Waals surface area contributed by atoms with Crippen LogP contribution in [0.2, 0.25) is 5.02 Å². The summed E-state index contributed by atoms with van der Waals surface area (Å²) >= 11 is 11.9. The van der Waals surface area contributed by atoms with E-state index in [-0.39, 0.29) is 32.4 Å². The number of aryl methyl sites for hydroxylation is 1. The van der Waals surface area contributed by atoms with Gasteiger partial charge in [-0.25, -0.2) is 0 Å². The Balaban J connectivity index is 1.34. The molecule has 1 atom stereocenters. The van der Waals surface area contributed by atoms with Crippen LogP contribution in [0, 0.1) is 6.92 Å². The van der Waals surface area contributed by atoms with Crippen LogP contribution in [0.4, 0.5) is 5.13 Å². The van der Waals surface area contributed by atoms with Crippen molar-refractivity contribution >= 4 is 73.2 Å². The van der Waals surface area contributed by atoms with Gasteiger partial charge in [-0.2, -0.15) is 0 Å². The van der Waals surface area contributed by atoms with Crippen molar-refractivity contribution in [2.75, 3.05) is 12.0 Å². The number of carbonyl (C=O) groups is 2. The molecule has 6 rings (SSSR count). The molecule has 5 aromatic rings. The molecule has 1 saturated heterocycles. The Kier molecular flexibility index (Phi) is 10.1. The van der Waals surface area contributed by atoms with Gasteiger partial charge in [-0.15, -0.1) is 10.2 Å². The van der Waals surface area contributed by atoms with E-state index in [9.17, 15) is 19.8 Å². The summed E-state index contributed by atoms with van der Waals surface area (Å²) in [6.45, 7) is 2.37. The van der Waals surface area contributed by atoms with E-state index in [1.54, 1.807) is 42.5 Å². The molecule has 0 saturated carbocycles. The SMILES string of the molecule is COc1cc(C2/C(=C(\O)c3ccc(OCc4cccc(C)c4)cc3)C(=O)C(=O)N2c2nnc(SCc3ccc(Cl)cc3)s2)cc(Br)c1O. The highest BCUT2D eigenvalue weighted by Crippen LogP contribution is 2.47. The molecule has 1 aliphatic rings. The fourth-order valence-corrected chi connectivity index (χ4v) is 7.58. The number of aliphatic hydroxyl groups is 1. The second kappa shape index (κ2) is 14.4. The highest BCUT2D eigenvalue weighted by molar-refractivity contribution is 9.10. The number of ether oxygens (including phenoxy) is 2. The number of methoxy groups -OCH3 is 1. The lowest BCUT2D eigenvalue weighted by atomic mass is 9.95. The first-order valence-electron chi connectivity index (χ1n) is 14.5. The average Bonchev–Trinajstić information content (AvgIpc) is 3.66. The molecule has 2 heterocycles. The van der Waals surface area contributed by atoms with Gasteiger partial charge in [-0.1, -0.05) is 76.7 Å². The van der Waals surface area contributed by atoms with Gasteiger partial charge in [0.05, 0.1) is 23.2 Å². The van der Waals surface area contributed by atoms with Gasteiger partial charge in [0.15, 0.2) is 15.8 Å². The molecule has 1 aliphatic heterocycles. The Bertz CT molecular complexity index is 2040. The number of aromatic nitrogens is 2. The van der Waals surface area contributed by atoms with Gasteiger partial charge < -0.3 is 19.7 Å². The number of nitrogens with zero attached hydrogens (tertiary/aromatic N) is 3. The van der Waals surface area contributed by atoms with Gasteiger partial charge in [0.1, 0.15) is 18.1 Å². The average molecular weight is 765 g/mol. The summed E-state index contributed by atoms with van der Waals surface area (Å²) in [7, 11) is 1.39. The van der Waals surface area contributed by atoms with Crippen molar-refractivity contribution in [2.45, 2.75) is 29.7 Å². The first-order chi connectivity index (χ1) is 23.1. The number of benzene rings is 4. The molecule has 0 bridgehead atoms. The van der Waals surface area contributed by atoms with Crippen molar-refractivity contribution in [3.05, 3.63) is 128 Å². The predicted molar refractivity (Wildman–Crippen MR) is 190 cm³/mol. The Morgan fingerprint density at radius 1 is 1.02 bits per heavy atom. The molecule has 4 aromatic carbocycles. The van der Waals surface area contributed by atoms with E-state index in [1.807, 2.05) is 43.3 Å². The molecule has 1 aromatic heterocycles. The third kappa shape index (κ3) is 7.07. The number of hydrogen-bond donors (Lipinski definition) is 2. The number of ketones is 1. The van der Waals surface area contributed by atoms with Crippen LogP contribution >= 0.6 is 50.6 Å². The lowest BCUT2D eigenvalue weighted by molar-refractivity contribution is -0.132. The minimum Gasteiger partial charge on any atom is -0.507 e. The van der Waals surface area contributed by atoms with Crippen LogP contribution in [0.5, 0.6) is 17.2 Å². The second-order valence-electron chi connectivity index (χ2n) is 10.8. The Morgan fingerprint density at radius 3 is 2.48 bits per heavy atom. The maximum Gasteiger partial charge on any atom is 0.301 e. The Labute approximate surface area is 297 Å². The lowest BCUT2D eigenvalue weighted by Crippen LogP contribution is -2.29. The second-order valence-corrected chi connectivity index (χ2v) is 14.3. The molecule has 0 radical (unpaired) electrons. The molecule has 0 aliphatic carbocycles. The standard InChI is InChI=1S/C35H27BrClN3O6S2/c1-19-4-3-5-21(14-19)17-46-25-12-8-22(9-13-25)30(41)28-29(23-15-26(36)31(42)27(16-23)45-2)40(33(44)32(28)43)34-38-39-35(48-34)47-18-20-6-10-24(37)11-7-20/h3-16,29,41-42H,17-18H2,1-2H3/b30-28+. The molecule has 48 heavy (non-hydrogen) atoms. The van der Waals surface area contributed by atoms with Crippen LogP contribution in [0.15, 0.2) is 99.3 Å². The predicted octanol–water partition coefficient (Wildman–Crippen LogP) is 8.47. The summed E-state index contributed by atoms with van der Waals surface area (Å²) in [4.78, 5) is 28.6. The molecular weight excluding hydrogens is 738 g/mol. The zero-order valence-corrected chi connectivity index (χ0v) is 29.5. The third-order valence-corrected chi connectivity index (χ3v) is 10.5. The highest BCUT2D eigenvalue weighted by atomic mass is 79.9. The number of rotatable bonds is 10. The number of phenols is 1. The van der Waals surface area contributed by atoms with E-state index in [4.69, 9.17) is 21.1 Å².